The van der Waals surface area contributed by atoms with Gasteiger partial charge in [0.25, 0.3) is 0 Å². The Morgan fingerprint density at radius 1 is 1.39 bits per heavy atom. The number of piperidine rings is 1. The van der Waals surface area contributed by atoms with Crippen LogP contribution >= 0.6 is 0 Å². The maximum absolute atomic E-state index is 11.5. The van der Waals surface area contributed by atoms with Crippen molar-refractivity contribution in [3.63, 3.8) is 0 Å². The molecule has 1 aromatic carbocycles. The molecule has 3 nitrogen and oxygen atoms in total. The van der Waals surface area contributed by atoms with Gasteiger partial charge < -0.3 is 10.0 Å². The maximum Gasteiger partial charge on any atom is 0.162 e. The largest absolute Gasteiger partial charge is 0.393 e. The molecule has 98 valence electrons. The fourth-order valence-electron chi connectivity index (χ4n) is 2.43. The van der Waals surface area contributed by atoms with Crippen LogP contribution in [-0.4, -0.2) is 30.1 Å². The average molecular weight is 247 g/mol. The minimum Gasteiger partial charge on any atom is -0.393 e. The molecule has 1 aromatic rings. The number of benzene rings is 1. The molecule has 2 atom stereocenters. The summed E-state index contributed by atoms with van der Waals surface area (Å²) in [5.41, 5.74) is 1.92. The van der Waals surface area contributed by atoms with E-state index in [4.69, 9.17) is 0 Å². The van der Waals surface area contributed by atoms with E-state index in [1.807, 2.05) is 31.2 Å². The Bertz CT molecular complexity index is 413. The summed E-state index contributed by atoms with van der Waals surface area (Å²) in [7, 11) is 0. The average Bonchev–Trinajstić information content (AvgIpc) is 2.41. The second kappa shape index (κ2) is 5.53. The molecule has 18 heavy (non-hydrogen) atoms. The Balaban J connectivity index is 2.08. The van der Waals surface area contributed by atoms with Crippen LogP contribution in [-0.2, 0) is 0 Å². The summed E-state index contributed by atoms with van der Waals surface area (Å²) < 4.78 is 0. The molecule has 1 saturated heterocycles. The number of aliphatic hydroxyl groups is 1. The van der Waals surface area contributed by atoms with Crippen LogP contribution in [0.25, 0.3) is 0 Å². The van der Waals surface area contributed by atoms with Crippen LogP contribution in [0, 0.1) is 5.92 Å². The van der Waals surface area contributed by atoms with Crippen molar-refractivity contribution in [2.75, 3.05) is 18.0 Å². The standard InChI is InChI=1S/C15H21NO2/c1-3-14(17)12-4-6-13(7-5-12)16-9-8-15(18)11(2)10-16/h4-7,11,15,18H,3,8-10H2,1-2H3. The van der Waals surface area contributed by atoms with E-state index < -0.39 is 0 Å². The number of nitrogens with zero attached hydrogens (tertiary/aromatic N) is 1. The summed E-state index contributed by atoms with van der Waals surface area (Å²) in [6.45, 7) is 5.71. The molecular formula is C15H21NO2. The topological polar surface area (TPSA) is 40.5 Å². The molecule has 0 aliphatic carbocycles. The van der Waals surface area contributed by atoms with E-state index >= 15 is 0 Å². The number of hydrogen-bond donors (Lipinski definition) is 1. The molecule has 1 aliphatic heterocycles. The Morgan fingerprint density at radius 2 is 2.06 bits per heavy atom. The number of carbonyl (C=O) groups is 1. The molecule has 0 bridgehead atoms. The third-order valence-corrected chi connectivity index (χ3v) is 3.74. The Kier molecular flexibility index (Phi) is 4.02. The fraction of sp³-hybridized carbons (Fsp3) is 0.533. The van der Waals surface area contributed by atoms with Crippen LogP contribution in [0.15, 0.2) is 24.3 Å². The van der Waals surface area contributed by atoms with Crippen LogP contribution in [0.3, 0.4) is 0 Å². The zero-order valence-electron chi connectivity index (χ0n) is 11.1. The first-order chi connectivity index (χ1) is 8.61. The Labute approximate surface area is 108 Å². The van der Waals surface area contributed by atoms with E-state index in [-0.39, 0.29) is 11.9 Å². The van der Waals surface area contributed by atoms with Gasteiger partial charge in [0.1, 0.15) is 0 Å². The Morgan fingerprint density at radius 3 is 2.61 bits per heavy atom. The molecule has 2 unspecified atom stereocenters. The zero-order valence-corrected chi connectivity index (χ0v) is 11.1. The summed E-state index contributed by atoms with van der Waals surface area (Å²) in [6, 6.07) is 7.81. The van der Waals surface area contributed by atoms with Gasteiger partial charge in [-0.15, -0.1) is 0 Å². The van der Waals surface area contributed by atoms with Crippen LogP contribution in [0.1, 0.15) is 37.0 Å². The molecular weight excluding hydrogens is 226 g/mol. The number of carbonyl (C=O) groups excluding carboxylic acids is 1. The highest BCUT2D eigenvalue weighted by Crippen LogP contribution is 2.23. The molecule has 1 heterocycles. The molecule has 1 N–H and O–H groups in total. The van der Waals surface area contributed by atoms with Gasteiger partial charge in [-0.2, -0.15) is 0 Å². The molecule has 0 aromatic heterocycles. The van der Waals surface area contributed by atoms with Crippen LogP contribution in [0.2, 0.25) is 0 Å². The van der Waals surface area contributed by atoms with Gasteiger partial charge in [-0.05, 0) is 36.6 Å². The number of hydrogen-bond acceptors (Lipinski definition) is 3. The zero-order chi connectivity index (χ0) is 13.1. The van der Waals surface area contributed by atoms with Crippen molar-refractivity contribution in [1.82, 2.24) is 0 Å². The molecule has 0 radical (unpaired) electrons. The highest BCUT2D eigenvalue weighted by atomic mass is 16.3. The van der Waals surface area contributed by atoms with E-state index in [0.717, 1.165) is 30.8 Å². The molecule has 3 heteroatoms. The predicted octanol–water partition coefficient (Wildman–Crippen LogP) is 2.49. The lowest BCUT2D eigenvalue weighted by Crippen LogP contribution is -2.41. The number of aliphatic hydroxyl groups excluding tert-OH is 1. The number of anilines is 1. The second-order valence-corrected chi connectivity index (χ2v) is 5.10. The Hall–Kier alpha value is -1.35. The summed E-state index contributed by atoms with van der Waals surface area (Å²) >= 11 is 0. The summed E-state index contributed by atoms with van der Waals surface area (Å²) in [5, 5.41) is 9.72. The van der Waals surface area contributed by atoms with E-state index in [1.165, 1.54) is 0 Å². The van der Waals surface area contributed by atoms with Crippen LogP contribution in [0.5, 0.6) is 0 Å². The van der Waals surface area contributed by atoms with E-state index in [9.17, 15) is 9.90 Å². The third-order valence-electron chi connectivity index (χ3n) is 3.74. The second-order valence-electron chi connectivity index (χ2n) is 5.10. The smallest absolute Gasteiger partial charge is 0.162 e. The van der Waals surface area contributed by atoms with Gasteiger partial charge >= 0.3 is 0 Å². The third kappa shape index (κ3) is 2.72. The summed E-state index contributed by atoms with van der Waals surface area (Å²) in [4.78, 5) is 13.8. The first kappa shape index (κ1) is 13.1. The summed E-state index contributed by atoms with van der Waals surface area (Å²) in [5.74, 6) is 0.486. The van der Waals surface area contributed by atoms with Gasteiger partial charge in [0.2, 0.25) is 0 Å². The number of ketones is 1. The molecule has 1 fully saturated rings. The van der Waals surface area contributed by atoms with Gasteiger partial charge in [0.05, 0.1) is 6.10 Å². The van der Waals surface area contributed by atoms with Crippen molar-refractivity contribution < 1.29 is 9.90 Å². The highest BCUT2D eigenvalue weighted by Gasteiger charge is 2.24. The fourth-order valence-corrected chi connectivity index (χ4v) is 2.43. The lowest BCUT2D eigenvalue weighted by atomic mass is 9.96. The molecule has 0 spiro atoms. The molecule has 0 saturated carbocycles. The van der Waals surface area contributed by atoms with Crippen molar-refractivity contribution in [1.29, 1.82) is 0 Å². The maximum atomic E-state index is 11.5. The van der Waals surface area contributed by atoms with Gasteiger partial charge in [0.15, 0.2) is 5.78 Å². The van der Waals surface area contributed by atoms with Crippen molar-refractivity contribution in [2.24, 2.45) is 5.92 Å². The van der Waals surface area contributed by atoms with Gasteiger partial charge in [-0.25, -0.2) is 0 Å². The minimum absolute atomic E-state index is 0.179. The van der Waals surface area contributed by atoms with Crippen LogP contribution < -0.4 is 4.90 Å². The number of rotatable bonds is 3. The minimum atomic E-state index is -0.179. The van der Waals surface area contributed by atoms with Gasteiger partial charge in [0, 0.05) is 30.8 Å². The summed E-state index contributed by atoms with van der Waals surface area (Å²) in [6.07, 6.45) is 1.19. The van der Waals surface area contributed by atoms with Crippen molar-refractivity contribution in [2.45, 2.75) is 32.8 Å². The van der Waals surface area contributed by atoms with Gasteiger partial charge in [-0.3, -0.25) is 4.79 Å². The van der Waals surface area contributed by atoms with Crippen LogP contribution in [0.4, 0.5) is 5.69 Å². The SMILES string of the molecule is CCC(=O)c1ccc(N2CCC(O)C(C)C2)cc1. The molecule has 0 amide bonds. The van der Waals surface area contributed by atoms with Crippen molar-refractivity contribution in [3.8, 4) is 0 Å². The highest BCUT2D eigenvalue weighted by molar-refractivity contribution is 5.96. The lowest BCUT2D eigenvalue weighted by Gasteiger charge is -2.36. The first-order valence-corrected chi connectivity index (χ1v) is 6.68. The quantitative estimate of drug-likeness (QED) is 0.834. The van der Waals surface area contributed by atoms with Gasteiger partial charge in [-0.1, -0.05) is 13.8 Å². The van der Waals surface area contributed by atoms with Crippen molar-refractivity contribution in [3.05, 3.63) is 29.8 Å². The normalized spacial score (nSPS) is 24.1. The lowest BCUT2D eigenvalue weighted by molar-refractivity contribution is 0.0971. The predicted molar refractivity (Wildman–Crippen MR) is 73.1 cm³/mol. The van der Waals surface area contributed by atoms with E-state index in [1.54, 1.807) is 0 Å². The molecule has 1 aliphatic rings. The monoisotopic (exact) mass is 247 g/mol. The first-order valence-electron chi connectivity index (χ1n) is 6.68. The molecule has 2 rings (SSSR count). The van der Waals surface area contributed by atoms with E-state index in [2.05, 4.69) is 11.8 Å². The number of Topliss-reactive ketones (excluding diaryl/α,β-unsaturated/α-hetero) is 1. The van der Waals surface area contributed by atoms with E-state index in [0.29, 0.717) is 12.3 Å². The van der Waals surface area contributed by atoms with Crippen molar-refractivity contribution >= 4 is 11.5 Å².